The predicted octanol–water partition coefficient (Wildman–Crippen LogP) is 2.16. The first-order valence-electron chi connectivity index (χ1n) is 9.72. The van der Waals surface area contributed by atoms with E-state index in [0.29, 0.717) is 16.6 Å². The molecule has 31 heavy (non-hydrogen) atoms. The summed E-state index contributed by atoms with van der Waals surface area (Å²) in [5, 5.41) is 2.74. The van der Waals surface area contributed by atoms with Crippen molar-refractivity contribution < 1.29 is 9.18 Å². The average Bonchev–Trinajstić information content (AvgIpc) is 3.12. The van der Waals surface area contributed by atoms with Crippen LogP contribution in [-0.2, 0) is 32.0 Å². The molecule has 1 N–H and O–H groups in total. The molecule has 0 fully saturated rings. The van der Waals surface area contributed by atoms with Crippen molar-refractivity contribution >= 4 is 16.9 Å². The van der Waals surface area contributed by atoms with Crippen LogP contribution in [0.5, 0.6) is 0 Å². The number of halogens is 1. The van der Waals surface area contributed by atoms with Gasteiger partial charge in [-0.2, -0.15) is 0 Å². The second-order valence-corrected chi connectivity index (χ2v) is 7.35. The summed E-state index contributed by atoms with van der Waals surface area (Å²) < 4.78 is 17.1. The zero-order valence-electron chi connectivity index (χ0n) is 17.1. The van der Waals surface area contributed by atoms with E-state index in [9.17, 15) is 18.8 Å². The molecule has 0 spiro atoms. The van der Waals surface area contributed by atoms with E-state index in [1.165, 1.54) is 23.7 Å². The standard InChI is InChI=1S/C23H21FN4O3/c1-26-13-18(16-6-4-3-5-7-16)20-21(26)22(30)27(2)23(31)28(20)14-19(29)25-12-15-8-10-17(24)11-9-15/h3-11,13H,12,14H2,1-2H3,(H,25,29). The van der Waals surface area contributed by atoms with Crippen LogP contribution in [0.15, 0.2) is 70.4 Å². The number of hydrogen-bond acceptors (Lipinski definition) is 3. The third-order valence-electron chi connectivity index (χ3n) is 5.24. The van der Waals surface area contributed by atoms with E-state index in [1.807, 2.05) is 30.3 Å². The summed E-state index contributed by atoms with van der Waals surface area (Å²) in [6.45, 7) is -0.0579. The predicted molar refractivity (Wildman–Crippen MR) is 116 cm³/mol. The molecule has 2 aromatic carbocycles. The Kier molecular flexibility index (Phi) is 5.29. The highest BCUT2D eigenvalue weighted by Gasteiger charge is 2.20. The third-order valence-corrected chi connectivity index (χ3v) is 5.24. The van der Waals surface area contributed by atoms with Crippen LogP contribution in [0, 0.1) is 5.82 Å². The monoisotopic (exact) mass is 420 g/mol. The van der Waals surface area contributed by atoms with E-state index in [4.69, 9.17) is 0 Å². The minimum absolute atomic E-state index is 0.198. The summed E-state index contributed by atoms with van der Waals surface area (Å²) >= 11 is 0. The van der Waals surface area contributed by atoms with Crippen molar-refractivity contribution in [1.82, 2.24) is 19.0 Å². The molecule has 0 saturated heterocycles. The Balaban J connectivity index is 1.76. The average molecular weight is 420 g/mol. The minimum Gasteiger partial charge on any atom is -0.350 e. The van der Waals surface area contributed by atoms with Crippen LogP contribution in [0.25, 0.3) is 22.2 Å². The quantitative estimate of drug-likeness (QED) is 0.538. The fourth-order valence-electron chi connectivity index (χ4n) is 3.64. The largest absolute Gasteiger partial charge is 0.350 e. The van der Waals surface area contributed by atoms with Crippen LogP contribution in [0.4, 0.5) is 4.39 Å². The highest BCUT2D eigenvalue weighted by atomic mass is 19.1. The topological polar surface area (TPSA) is 78.0 Å². The molecule has 0 atom stereocenters. The first-order chi connectivity index (χ1) is 14.9. The summed E-state index contributed by atoms with van der Waals surface area (Å²) in [5.41, 5.74) is 2.02. The van der Waals surface area contributed by atoms with Crippen LogP contribution in [0.1, 0.15) is 5.56 Å². The molecule has 0 aliphatic carbocycles. The number of hydrogen-bond donors (Lipinski definition) is 1. The normalized spacial score (nSPS) is 11.1. The number of nitrogens with one attached hydrogen (secondary N) is 1. The number of benzene rings is 2. The molecule has 7 nitrogen and oxygen atoms in total. The Morgan fingerprint density at radius 3 is 2.32 bits per heavy atom. The molecule has 4 aromatic rings. The van der Waals surface area contributed by atoms with Crippen molar-refractivity contribution in [1.29, 1.82) is 0 Å². The molecule has 2 aromatic heterocycles. The van der Waals surface area contributed by atoms with Crippen molar-refractivity contribution in [3.63, 3.8) is 0 Å². The molecular weight excluding hydrogens is 399 g/mol. The van der Waals surface area contributed by atoms with Crippen LogP contribution in [0.2, 0.25) is 0 Å². The van der Waals surface area contributed by atoms with E-state index < -0.39 is 17.2 Å². The number of aromatic nitrogens is 3. The van der Waals surface area contributed by atoms with Gasteiger partial charge in [0, 0.05) is 32.4 Å². The van der Waals surface area contributed by atoms with Crippen LogP contribution < -0.4 is 16.6 Å². The van der Waals surface area contributed by atoms with Crippen LogP contribution in [-0.4, -0.2) is 19.6 Å². The van der Waals surface area contributed by atoms with E-state index >= 15 is 0 Å². The van der Waals surface area contributed by atoms with Crippen molar-refractivity contribution in [2.24, 2.45) is 14.1 Å². The number of rotatable bonds is 5. The summed E-state index contributed by atoms with van der Waals surface area (Å²) in [4.78, 5) is 38.4. The first-order valence-corrected chi connectivity index (χ1v) is 9.72. The second-order valence-electron chi connectivity index (χ2n) is 7.35. The van der Waals surface area contributed by atoms with Gasteiger partial charge in [0.15, 0.2) is 0 Å². The molecule has 158 valence electrons. The zero-order chi connectivity index (χ0) is 22.1. The Labute approximate surface area is 177 Å². The third kappa shape index (κ3) is 3.79. The van der Waals surface area contributed by atoms with Gasteiger partial charge in [-0.1, -0.05) is 42.5 Å². The SMILES string of the molecule is Cn1c(=O)c2c(c(-c3ccccc3)cn2C)n(CC(=O)NCc2ccc(F)cc2)c1=O. The lowest BCUT2D eigenvalue weighted by Crippen LogP contribution is -2.41. The lowest BCUT2D eigenvalue weighted by atomic mass is 10.1. The molecular formula is C23H21FN4O3. The summed E-state index contributed by atoms with van der Waals surface area (Å²) in [6.07, 6.45) is 1.79. The van der Waals surface area contributed by atoms with Gasteiger partial charge in [0.05, 0.1) is 5.52 Å². The molecule has 0 bridgehead atoms. The molecule has 2 heterocycles. The van der Waals surface area contributed by atoms with Gasteiger partial charge >= 0.3 is 5.69 Å². The number of carbonyl (C=O) groups excluding carboxylic acids is 1. The Hall–Kier alpha value is -3.94. The molecule has 8 heteroatoms. The smallest absolute Gasteiger partial charge is 0.331 e. The first kappa shape index (κ1) is 20.3. The van der Waals surface area contributed by atoms with Gasteiger partial charge in [0.1, 0.15) is 17.9 Å². The van der Waals surface area contributed by atoms with E-state index in [1.54, 1.807) is 29.9 Å². The minimum atomic E-state index is -0.571. The number of carbonyl (C=O) groups is 1. The van der Waals surface area contributed by atoms with Gasteiger partial charge in [-0.25, -0.2) is 9.18 Å². The van der Waals surface area contributed by atoms with Crippen molar-refractivity contribution in [2.75, 3.05) is 0 Å². The molecule has 0 aliphatic rings. The Bertz CT molecular complexity index is 1380. The summed E-state index contributed by atoms with van der Waals surface area (Å²) in [7, 11) is 3.13. The van der Waals surface area contributed by atoms with Gasteiger partial charge in [0.25, 0.3) is 5.56 Å². The second kappa shape index (κ2) is 8.06. The van der Waals surface area contributed by atoms with E-state index in [0.717, 1.165) is 15.7 Å². The molecule has 0 unspecified atom stereocenters. The van der Waals surface area contributed by atoms with Gasteiger partial charge in [-0.15, -0.1) is 0 Å². The van der Waals surface area contributed by atoms with Gasteiger partial charge in [0.2, 0.25) is 5.91 Å². The van der Waals surface area contributed by atoms with Crippen molar-refractivity contribution in [3.8, 4) is 11.1 Å². The molecule has 1 amide bonds. The van der Waals surface area contributed by atoms with E-state index in [2.05, 4.69) is 5.32 Å². The fourth-order valence-corrected chi connectivity index (χ4v) is 3.64. The maximum Gasteiger partial charge on any atom is 0.331 e. The van der Waals surface area contributed by atoms with E-state index in [-0.39, 0.29) is 18.9 Å². The maximum absolute atomic E-state index is 13.1. The summed E-state index contributed by atoms with van der Waals surface area (Å²) in [6, 6.07) is 15.2. The Morgan fingerprint density at radius 2 is 1.65 bits per heavy atom. The maximum atomic E-state index is 13.1. The molecule has 0 saturated carbocycles. The fraction of sp³-hybridized carbons (Fsp3) is 0.174. The molecule has 0 radical (unpaired) electrons. The van der Waals surface area contributed by atoms with Gasteiger partial charge < -0.3 is 9.88 Å². The molecule has 0 aliphatic heterocycles. The van der Waals surface area contributed by atoms with Crippen LogP contribution in [0.3, 0.4) is 0 Å². The number of aryl methyl sites for hydroxylation is 1. The van der Waals surface area contributed by atoms with Crippen molar-refractivity contribution in [3.05, 3.63) is 93.0 Å². The number of nitrogens with zero attached hydrogens (tertiary/aromatic N) is 3. The number of amides is 1. The lowest BCUT2D eigenvalue weighted by molar-refractivity contribution is -0.121. The van der Waals surface area contributed by atoms with Gasteiger partial charge in [-0.3, -0.25) is 18.7 Å². The highest BCUT2D eigenvalue weighted by molar-refractivity contribution is 5.93. The Morgan fingerprint density at radius 1 is 0.968 bits per heavy atom. The lowest BCUT2D eigenvalue weighted by Gasteiger charge is -2.12. The van der Waals surface area contributed by atoms with Crippen molar-refractivity contribution in [2.45, 2.75) is 13.1 Å². The number of fused-ring (bicyclic) bond motifs is 1. The molecule has 4 rings (SSSR count). The van der Waals surface area contributed by atoms with Gasteiger partial charge in [-0.05, 0) is 23.3 Å². The van der Waals surface area contributed by atoms with Crippen LogP contribution >= 0.6 is 0 Å². The summed E-state index contributed by atoms with van der Waals surface area (Å²) in [5.74, 6) is -0.749. The zero-order valence-corrected chi connectivity index (χ0v) is 17.1. The highest BCUT2D eigenvalue weighted by Crippen LogP contribution is 2.27.